The molecular weight excluding hydrogens is 229 g/mol. The lowest BCUT2D eigenvalue weighted by Crippen LogP contribution is -2.25. The van der Waals surface area contributed by atoms with Crippen LogP contribution in [0.5, 0.6) is 5.75 Å². The lowest BCUT2D eigenvalue weighted by molar-refractivity contribution is 0.302. The summed E-state index contributed by atoms with van der Waals surface area (Å²) in [7, 11) is 0. The van der Waals surface area contributed by atoms with Crippen molar-refractivity contribution in [1.29, 1.82) is 0 Å². The van der Waals surface area contributed by atoms with E-state index in [9.17, 15) is 4.39 Å². The van der Waals surface area contributed by atoms with Gasteiger partial charge in [-0.15, -0.1) is 0 Å². The van der Waals surface area contributed by atoms with Gasteiger partial charge in [-0.25, -0.2) is 4.39 Å². The molecule has 0 amide bonds. The van der Waals surface area contributed by atoms with Crippen molar-refractivity contribution in [1.82, 2.24) is 5.32 Å². The first-order valence-corrected chi connectivity index (χ1v) is 6.48. The molecule has 1 aromatic rings. The summed E-state index contributed by atoms with van der Waals surface area (Å²) in [5, 5.41) is 3.34. The topological polar surface area (TPSA) is 21.3 Å². The number of hydrogen-bond acceptors (Lipinski definition) is 2. The fourth-order valence-corrected chi connectivity index (χ4v) is 1.60. The number of nitrogens with one attached hydrogen (secondary N) is 1. The highest BCUT2D eigenvalue weighted by Crippen LogP contribution is 2.18. The normalized spacial score (nSPS) is 11.6. The van der Waals surface area contributed by atoms with Gasteiger partial charge in [0.25, 0.3) is 0 Å². The van der Waals surface area contributed by atoms with Crippen LogP contribution < -0.4 is 10.1 Å². The molecule has 0 saturated carbocycles. The number of hydrogen-bond donors (Lipinski definition) is 1. The van der Waals surface area contributed by atoms with E-state index < -0.39 is 0 Å². The van der Waals surface area contributed by atoms with Crippen LogP contribution in [-0.4, -0.2) is 19.7 Å². The lowest BCUT2D eigenvalue weighted by Gasteiger charge is -2.18. The zero-order chi connectivity index (χ0) is 13.6. The van der Waals surface area contributed by atoms with Crippen LogP contribution >= 0.6 is 0 Å². The molecule has 3 heteroatoms. The van der Waals surface area contributed by atoms with Crippen molar-refractivity contribution >= 4 is 0 Å². The molecule has 1 aromatic carbocycles. The van der Waals surface area contributed by atoms with Gasteiger partial charge in [0.05, 0.1) is 0 Å². The number of halogens is 1. The molecule has 0 aliphatic rings. The van der Waals surface area contributed by atoms with Crippen LogP contribution in [0.2, 0.25) is 0 Å². The van der Waals surface area contributed by atoms with Gasteiger partial charge in [-0.05, 0) is 49.1 Å². The van der Waals surface area contributed by atoms with Crippen molar-refractivity contribution < 1.29 is 9.13 Å². The average molecular weight is 253 g/mol. The Morgan fingerprint density at radius 2 is 1.94 bits per heavy atom. The molecular formula is C15H24FNO. The van der Waals surface area contributed by atoms with Gasteiger partial charge in [-0.1, -0.05) is 20.8 Å². The average Bonchev–Trinajstić information content (AvgIpc) is 2.24. The molecule has 0 aromatic heterocycles. The summed E-state index contributed by atoms with van der Waals surface area (Å²) in [6.07, 6.45) is 1.14. The Morgan fingerprint density at radius 1 is 1.22 bits per heavy atom. The molecule has 0 aliphatic carbocycles. The Labute approximate surface area is 110 Å². The third-order valence-corrected chi connectivity index (χ3v) is 2.73. The summed E-state index contributed by atoms with van der Waals surface area (Å²) in [4.78, 5) is 0. The fourth-order valence-electron chi connectivity index (χ4n) is 1.60. The van der Waals surface area contributed by atoms with E-state index in [0.29, 0.717) is 12.0 Å². The summed E-state index contributed by atoms with van der Waals surface area (Å²) >= 11 is 0. The molecule has 1 N–H and O–H groups in total. The Kier molecular flexibility index (Phi) is 5.60. The Morgan fingerprint density at radius 3 is 2.56 bits per heavy atom. The van der Waals surface area contributed by atoms with Gasteiger partial charge < -0.3 is 10.1 Å². The zero-order valence-corrected chi connectivity index (χ0v) is 11.8. The summed E-state index contributed by atoms with van der Waals surface area (Å²) in [5.41, 5.74) is 1.20. The first-order valence-electron chi connectivity index (χ1n) is 6.48. The van der Waals surface area contributed by atoms with Crippen molar-refractivity contribution in [2.75, 3.05) is 19.7 Å². The van der Waals surface area contributed by atoms with E-state index in [-0.39, 0.29) is 5.82 Å². The van der Waals surface area contributed by atoms with Crippen molar-refractivity contribution in [2.24, 2.45) is 5.41 Å². The van der Waals surface area contributed by atoms with Gasteiger partial charge in [-0.2, -0.15) is 0 Å². The Hall–Kier alpha value is -1.09. The highest BCUT2D eigenvalue weighted by atomic mass is 19.1. The smallest absolute Gasteiger partial charge is 0.123 e. The van der Waals surface area contributed by atoms with Crippen LogP contribution in [0.4, 0.5) is 4.39 Å². The fraction of sp³-hybridized carbons (Fsp3) is 0.600. The SMILES string of the molecule is Cc1cc(F)ccc1OCCNCCC(C)(C)C. The minimum Gasteiger partial charge on any atom is -0.492 e. The number of aryl methyl sites for hydroxylation is 1. The molecule has 0 heterocycles. The maximum atomic E-state index is 12.9. The minimum atomic E-state index is -0.219. The standard InChI is InChI=1S/C15H24FNO/c1-12-11-13(16)5-6-14(12)18-10-9-17-8-7-15(2,3)4/h5-6,11,17H,7-10H2,1-4H3. The minimum absolute atomic E-state index is 0.219. The number of rotatable bonds is 6. The van der Waals surface area contributed by atoms with Crippen LogP contribution in [0.1, 0.15) is 32.8 Å². The van der Waals surface area contributed by atoms with Crippen LogP contribution in [0.25, 0.3) is 0 Å². The number of benzene rings is 1. The van der Waals surface area contributed by atoms with Crippen molar-refractivity contribution in [2.45, 2.75) is 34.1 Å². The van der Waals surface area contributed by atoms with E-state index in [1.165, 1.54) is 12.1 Å². The van der Waals surface area contributed by atoms with Gasteiger partial charge in [0, 0.05) is 6.54 Å². The van der Waals surface area contributed by atoms with Crippen LogP contribution in [0.15, 0.2) is 18.2 Å². The first-order chi connectivity index (χ1) is 8.38. The number of ether oxygens (including phenoxy) is 1. The third-order valence-electron chi connectivity index (χ3n) is 2.73. The molecule has 18 heavy (non-hydrogen) atoms. The van der Waals surface area contributed by atoms with E-state index in [1.807, 2.05) is 6.92 Å². The molecule has 1 rings (SSSR count). The van der Waals surface area contributed by atoms with E-state index in [1.54, 1.807) is 6.07 Å². The van der Waals surface area contributed by atoms with Crippen LogP contribution in [0.3, 0.4) is 0 Å². The molecule has 2 nitrogen and oxygen atoms in total. The van der Waals surface area contributed by atoms with Crippen LogP contribution in [-0.2, 0) is 0 Å². The molecule has 0 saturated heterocycles. The summed E-state index contributed by atoms with van der Waals surface area (Å²) < 4.78 is 18.5. The predicted molar refractivity (Wildman–Crippen MR) is 73.6 cm³/mol. The highest BCUT2D eigenvalue weighted by Gasteiger charge is 2.08. The second-order valence-electron chi connectivity index (χ2n) is 5.82. The predicted octanol–water partition coefficient (Wildman–Crippen LogP) is 3.54. The van der Waals surface area contributed by atoms with E-state index in [4.69, 9.17) is 4.74 Å². The second kappa shape index (κ2) is 6.74. The third kappa shape index (κ3) is 6.01. The molecule has 0 unspecified atom stereocenters. The Bertz CT molecular complexity index is 371. The maximum absolute atomic E-state index is 12.9. The largest absolute Gasteiger partial charge is 0.492 e. The van der Waals surface area contributed by atoms with Crippen LogP contribution in [0, 0.1) is 18.2 Å². The molecule has 0 spiro atoms. The second-order valence-corrected chi connectivity index (χ2v) is 5.82. The van der Waals surface area contributed by atoms with Gasteiger partial charge in [0.2, 0.25) is 0 Å². The molecule has 0 radical (unpaired) electrons. The maximum Gasteiger partial charge on any atom is 0.123 e. The summed E-state index contributed by atoms with van der Waals surface area (Å²) in [6.45, 7) is 11.0. The molecule has 102 valence electrons. The summed E-state index contributed by atoms with van der Waals surface area (Å²) in [6, 6.07) is 4.59. The summed E-state index contributed by atoms with van der Waals surface area (Å²) in [5.74, 6) is 0.539. The van der Waals surface area contributed by atoms with E-state index >= 15 is 0 Å². The van der Waals surface area contributed by atoms with Gasteiger partial charge >= 0.3 is 0 Å². The van der Waals surface area contributed by atoms with E-state index in [2.05, 4.69) is 26.1 Å². The van der Waals surface area contributed by atoms with E-state index in [0.717, 1.165) is 30.8 Å². The zero-order valence-electron chi connectivity index (χ0n) is 11.8. The van der Waals surface area contributed by atoms with Crippen molar-refractivity contribution in [3.05, 3.63) is 29.6 Å². The lowest BCUT2D eigenvalue weighted by atomic mass is 9.92. The quantitative estimate of drug-likeness (QED) is 0.783. The molecule has 0 bridgehead atoms. The highest BCUT2D eigenvalue weighted by molar-refractivity contribution is 5.32. The molecule has 0 aliphatic heterocycles. The molecule has 0 atom stereocenters. The molecule has 0 fully saturated rings. The first kappa shape index (κ1) is 15.0. The van der Waals surface area contributed by atoms with Gasteiger partial charge in [0.15, 0.2) is 0 Å². The van der Waals surface area contributed by atoms with Crippen molar-refractivity contribution in [3.8, 4) is 5.75 Å². The Balaban J connectivity index is 2.18. The van der Waals surface area contributed by atoms with Gasteiger partial charge in [-0.3, -0.25) is 0 Å². The monoisotopic (exact) mass is 253 g/mol. The van der Waals surface area contributed by atoms with Crippen molar-refractivity contribution in [3.63, 3.8) is 0 Å². The van der Waals surface area contributed by atoms with Gasteiger partial charge in [0.1, 0.15) is 18.2 Å².